The summed E-state index contributed by atoms with van der Waals surface area (Å²) in [6, 6.07) is 3.51. The van der Waals surface area contributed by atoms with Crippen LogP contribution < -0.4 is 5.32 Å². The van der Waals surface area contributed by atoms with Gasteiger partial charge in [0.05, 0.1) is 18.2 Å². The quantitative estimate of drug-likeness (QED) is 0.867. The molecule has 2 rings (SSSR count). The number of hydrogen-bond acceptors (Lipinski definition) is 4. The number of amides is 1. The Labute approximate surface area is 113 Å². The van der Waals surface area contributed by atoms with Crippen LogP contribution in [0.25, 0.3) is 0 Å². The van der Waals surface area contributed by atoms with Crippen molar-refractivity contribution >= 4 is 11.7 Å². The van der Waals surface area contributed by atoms with E-state index < -0.39 is 0 Å². The average Bonchev–Trinajstić information content (AvgIpc) is 2.71. The molecule has 1 aliphatic rings. The number of carbonyl (C=O) groups excluding carboxylic acids is 1. The highest BCUT2D eigenvalue weighted by Gasteiger charge is 2.25. The standard InChI is InChI=1S/C14H21N3O2/c1-15-13-7-6-11(9-16-13)14(19)17-8-4-2-3-5-12(17)10-18/h6-7,9,12,18H,2-5,8,10H2,1H3,(H,15,16). The Morgan fingerprint density at radius 1 is 1.47 bits per heavy atom. The minimum Gasteiger partial charge on any atom is -0.394 e. The molecule has 0 spiro atoms. The summed E-state index contributed by atoms with van der Waals surface area (Å²) in [5, 5.41) is 12.4. The molecule has 1 fully saturated rings. The fourth-order valence-electron chi connectivity index (χ4n) is 2.47. The molecule has 0 aromatic carbocycles. The van der Waals surface area contributed by atoms with Crippen molar-refractivity contribution in [1.82, 2.24) is 9.88 Å². The van der Waals surface area contributed by atoms with Crippen molar-refractivity contribution in [1.29, 1.82) is 0 Å². The van der Waals surface area contributed by atoms with E-state index in [9.17, 15) is 9.90 Å². The molecule has 1 amide bonds. The van der Waals surface area contributed by atoms with Crippen LogP contribution in [0.15, 0.2) is 18.3 Å². The lowest BCUT2D eigenvalue weighted by Gasteiger charge is -2.28. The van der Waals surface area contributed by atoms with Gasteiger partial charge in [0.25, 0.3) is 5.91 Å². The highest BCUT2D eigenvalue weighted by Crippen LogP contribution is 2.19. The lowest BCUT2D eigenvalue weighted by molar-refractivity contribution is 0.0599. The van der Waals surface area contributed by atoms with E-state index in [0.717, 1.165) is 38.0 Å². The second-order valence-corrected chi connectivity index (χ2v) is 4.87. The van der Waals surface area contributed by atoms with E-state index in [1.54, 1.807) is 30.3 Å². The summed E-state index contributed by atoms with van der Waals surface area (Å²) in [5.41, 5.74) is 0.583. The summed E-state index contributed by atoms with van der Waals surface area (Å²) in [6.07, 6.45) is 5.67. The van der Waals surface area contributed by atoms with Crippen molar-refractivity contribution in [2.45, 2.75) is 31.7 Å². The zero-order valence-corrected chi connectivity index (χ0v) is 11.3. The van der Waals surface area contributed by atoms with Gasteiger partial charge in [-0.05, 0) is 25.0 Å². The van der Waals surface area contributed by atoms with Gasteiger partial charge in [0.15, 0.2) is 0 Å². The maximum atomic E-state index is 12.5. The fraction of sp³-hybridized carbons (Fsp3) is 0.571. The molecule has 1 aromatic rings. The predicted octanol–water partition coefficient (Wildman–Crippen LogP) is 1.50. The monoisotopic (exact) mass is 263 g/mol. The maximum Gasteiger partial charge on any atom is 0.255 e. The number of nitrogens with zero attached hydrogens (tertiary/aromatic N) is 2. The molecule has 5 nitrogen and oxygen atoms in total. The van der Waals surface area contributed by atoms with Crippen molar-refractivity contribution in [3.63, 3.8) is 0 Å². The molecule has 1 unspecified atom stereocenters. The van der Waals surface area contributed by atoms with Gasteiger partial charge in [-0.15, -0.1) is 0 Å². The van der Waals surface area contributed by atoms with Crippen LogP contribution >= 0.6 is 0 Å². The molecule has 1 atom stereocenters. The van der Waals surface area contributed by atoms with Crippen LogP contribution in [-0.4, -0.2) is 47.1 Å². The molecule has 0 saturated carbocycles. The zero-order chi connectivity index (χ0) is 13.7. The number of aliphatic hydroxyl groups excluding tert-OH is 1. The molecule has 1 aliphatic heterocycles. The minimum absolute atomic E-state index is 0.0314. The summed E-state index contributed by atoms with van der Waals surface area (Å²) in [4.78, 5) is 18.4. The van der Waals surface area contributed by atoms with Crippen molar-refractivity contribution in [3.8, 4) is 0 Å². The molecule has 1 aromatic heterocycles. The number of hydrogen-bond donors (Lipinski definition) is 2. The lowest BCUT2D eigenvalue weighted by Crippen LogP contribution is -2.42. The smallest absolute Gasteiger partial charge is 0.255 e. The number of nitrogens with one attached hydrogen (secondary N) is 1. The first-order valence-electron chi connectivity index (χ1n) is 6.82. The number of pyridine rings is 1. The third kappa shape index (κ3) is 3.23. The number of aromatic nitrogens is 1. The first kappa shape index (κ1) is 13.8. The van der Waals surface area contributed by atoms with Gasteiger partial charge in [-0.3, -0.25) is 4.79 Å². The molecular weight excluding hydrogens is 242 g/mol. The van der Waals surface area contributed by atoms with E-state index in [2.05, 4.69) is 10.3 Å². The zero-order valence-electron chi connectivity index (χ0n) is 11.3. The van der Waals surface area contributed by atoms with Crippen LogP contribution in [0.4, 0.5) is 5.82 Å². The fourth-order valence-corrected chi connectivity index (χ4v) is 2.47. The Balaban J connectivity index is 2.15. The lowest BCUT2D eigenvalue weighted by atomic mass is 10.1. The predicted molar refractivity (Wildman–Crippen MR) is 74.2 cm³/mol. The van der Waals surface area contributed by atoms with Gasteiger partial charge >= 0.3 is 0 Å². The van der Waals surface area contributed by atoms with E-state index in [1.165, 1.54) is 0 Å². The van der Waals surface area contributed by atoms with Gasteiger partial charge in [0, 0.05) is 19.8 Å². The number of likely N-dealkylation sites (tertiary alicyclic amines) is 1. The maximum absolute atomic E-state index is 12.5. The number of carbonyl (C=O) groups is 1. The van der Waals surface area contributed by atoms with Gasteiger partial charge in [0.1, 0.15) is 5.82 Å². The third-order valence-corrected chi connectivity index (χ3v) is 3.62. The van der Waals surface area contributed by atoms with Crippen LogP contribution in [0.1, 0.15) is 36.0 Å². The van der Waals surface area contributed by atoms with Gasteiger partial charge < -0.3 is 15.3 Å². The highest BCUT2D eigenvalue weighted by molar-refractivity contribution is 5.94. The van der Waals surface area contributed by atoms with Gasteiger partial charge in [-0.1, -0.05) is 12.8 Å². The molecule has 19 heavy (non-hydrogen) atoms. The Morgan fingerprint density at radius 2 is 2.32 bits per heavy atom. The van der Waals surface area contributed by atoms with E-state index in [1.807, 2.05) is 0 Å². The normalized spacial score (nSPS) is 19.9. The first-order chi connectivity index (χ1) is 9.26. The van der Waals surface area contributed by atoms with Crippen molar-refractivity contribution in [2.75, 3.05) is 25.5 Å². The Bertz CT molecular complexity index is 419. The summed E-state index contributed by atoms with van der Waals surface area (Å²) in [6.45, 7) is 0.756. The Hall–Kier alpha value is -1.62. The summed E-state index contributed by atoms with van der Waals surface area (Å²) < 4.78 is 0. The van der Waals surface area contributed by atoms with E-state index >= 15 is 0 Å². The molecule has 104 valence electrons. The molecule has 2 heterocycles. The number of rotatable bonds is 3. The molecular formula is C14H21N3O2. The molecule has 5 heteroatoms. The number of aliphatic hydroxyl groups is 1. The first-order valence-corrected chi connectivity index (χ1v) is 6.82. The Morgan fingerprint density at radius 3 is 2.95 bits per heavy atom. The van der Waals surface area contributed by atoms with Crippen LogP contribution in [0.5, 0.6) is 0 Å². The van der Waals surface area contributed by atoms with E-state index in [4.69, 9.17) is 0 Å². The summed E-state index contributed by atoms with van der Waals surface area (Å²) >= 11 is 0. The SMILES string of the molecule is CNc1ccc(C(=O)N2CCCCCC2CO)cn1. The van der Waals surface area contributed by atoms with E-state index in [-0.39, 0.29) is 18.6 Å². The van der Waals surface area contributed by atoms with Crippen LogP contribution in [0, 0.1) is 0 Å². The van der Waals surface area contributed by atoms with Crippen LogP contribution in [-0.2, 0) is 0 Å². The molecule has 0 radical (unpaired) electrons. The van der Waals surface area contributed by atoms with Crippen molar-refractivity contribution in [3.05, 3.63) is 23.9 Å². The van der Waals surface area contributed by atoms with Gasteiger partial charge in [-0.2, -0.15) is 0 Å². The topological polar surface area (TPSA) is 65.5 Å². The largest absolute Gasteiger partial charge is 0.394 e. The van der Waals surface area contributed by atoms with Gasteiger partial charge in [0.2, 0.25) is 0 Å². The third-order valence-electron chi connectivity index (χ3n) is 3.62. The molecule has 1 saturated heterocycles. The Kier molecular flexibility index (Phi) is 4.74. The second kappa shape index (κ2) is 6.52. The second-order valence-electron chi connectivity index (χ2n) is 4.87. The average molecular weight is 263 g/mol. The molecule has 2 N–H and O–H groups in total. The van der Waals surface area contributed by atoms with Crippen molar-refractivity contribution < 1.29 is 9.90 Å². The van der Waals surface area contributed by atoms with E-state index in [0.29, 0.717) is 5.56 Å². The molecule has 0 bridgehead atoms. The number of anilines is 1. The van der Waals surface area contributed by atoms with Crippen molar-refractivity contribution in [2.24, 2.45) is 0 Å². The van der Waals surface area contributed by atoms with Crippen LogP contribution in [0.2, 0.25) is 0 Å². The highest BCUT2D eigenvalue weighted by atomic mass is 16.3. The summed E-state index contributed by atoms with van der Waals surface area (Å²) in [5.74, 6) is 0.710. The minimum atomic E-state index is -0.0565. The molecule has 0 aliphatic carbocycles. The van der Waals surface area contributed by atoms with Gasteiger partial charge in [-0.25, -0.2) is 4.98 Å². The summed E-state index contributed by atoms with van der Waals surface area (Å²) in [7, 11) is 1.79. The van der Waals surface area contributed by atoms with Crippen LogP contribution in [0.3, 0.4) is 0 Å².